The molecule has 0 spiro atoms. The van der Waals surface area contributed by atoms with Crippen molar-refractivity contribution in [3.63, 3.8) is 0 Å². The van der Waals surface area contributed by atoms with Crippen LogP contribution in [0.2, 0.25) is 0 Å². The fraction of sp³-hybridized carbons (Fsp3) is 0.222. The average Bonchev–Trinajstić information content (AvgIpc) is 3.18. The summed E-state index contributed by atoms with van der Waals surface area (Å²) in [5.74, 6) is 2.70. The molecule has 1 aliphatic heterocycles. The van der Waals surface area contributed by atoms with E-state index in [1.54, 1.807) is 18.1 Å². The largest absolute Gasteiger partial charge is 0.497 e. The third-order valence-corrected chi connectivity index (χ3v) is 4.96. The molecule has 2 heterocycles. The minimum atomic E-state index is -0.0788. The van der Waals surface area contributed by atoms with Crippen molar-refractivity contribution in [3.05, 3.63) is 52.8 Å². The minimum absolute atomic E-state index is 0.0788. The van der Waals surface area contributed by atoms with Gasteiger partial charge in [0.1, 0.15) is 33.9 Å². The second-order valence-electron chi connectivity index (χ2n) is 5.19. The van der Waals surface area contributed by atoms with Gasteiger partial charge in [0.05, 0.1) is 12.0 Å². The van der Waals surface area contributed by atoms with Crippen LogP contribution in [0.4, 0.5) is 0 Å². The van der Waals surface area contributed by atoms with Gasteiger partial charge in [-0.2, -0.15) is 0 Å². The fourth-order valence-corrected chi connectivity index (χ4v) is 3.64. The Morgan fingerprint density at radius 1 is 1.20 bits per heavy atom. The number of thioether (sulfide) groups is 1. The number of hydrogen-bond acceptors (Lipinski definition) is 6. The van der Waals surface area contributed by atoms with Gasteiger partial charge in [-0.1, -0.05) is 24.0 Å². The summed E-state index contributed by atoms with van der Waals surface area (Å²) in [5.41, 5.74) is 0. The standard InChI is InChI=1S/C18H17NO4S2/c1-3-19-17(20)16(25-18(19)24)10-14-8-9-15(23-14)11-22-13-6-4-12(21-2)5-7-13/h4-10H,3,11H2,1-2H3. The molecular weight excluding hydrogens is 358 g/mol. The van der Waals surface area contributed by atoms with Crippen LogP contribution in [-0.4, -0.2) is 28.8 Å². The van der Waals surface area contributed by atoms with Crippen molar-refractivity contribution < 1.29 is 18.7 Å². The molecule has 0 saturated carbocycles. The number of likely N-dealkylation sites (N-methyl/N-ethyl adjacent to an activating group) is 1. The number of benzene rings is 1. The van der Waals surface area contributed by atoms with E-state index in [1.165, 1.54) is 11.8 Å². The van der Waals surface area contributed by atoms with E-state index in [9.17, 15) is 4.79 Å². The van der Waals surface area contributed by atoms with Crippen LogP contribution in [0.15, 0.2) is 45.7 Å². The summed E-state index contributed by atoms with van der Waals surface area (Å²) in [6.07, 6.45) is 1.71. The van der Waals surface area contributed by atoms with Crippen LogP contribution < -0.4 is 9.47 Å². The molecule has 0 unspecified atom stereocenters. The van der Waals surface area contributed by atoms with E-state index in [0.29, 0.717) is 33.9 Å². The highest BCUT2D eigenvalue weighted by molar-refractivity contribution is 8.26. The lowest BCUT2D eigenvalue weighted by atomic mass is 10.3. The number of nitrogens with zero attached hydrogens (tertiary/aromatic N) is 1. The van der Waals surface area contributed by atoms with Crippen molar-refractivity contribution in [2.45, 2.75) is 13.5 Å². The molecule has 7 heteroatoms. The van der Waals surface area contributed by atoms with E-state index >= 15 is 0 Å². The number of rotatable bonds is 6. The van der Waals surface area contributed by atoms with E-state index in [-0.39, 0.29) is 5.91 Å². The lowest BCUT2D eigenvalue weighted by Gasteiger charge is -2.09. The Balaban J connectivity index is 1.63. The van der Waals surface area contributed by atoms with Gasteiger partial charge < -0.3 is 13.9 Å². The molecule has 0 bridgehead atoms. The first-order valence-corrected chi connectivity index (χ1v) is 8.94. The second-order valence-corrected chi connectivity index (χ2v) is 6.87. The van der Waals surface area contributed by atoms with Crippen molar-refractivity contribution in [2.24, 2.45) is 0 Å². The first-order chi connectivity index (χ1) is 12.1. The van der Waals surface area contributed by atoms with Crippen LogP contribution in [0.5, 0.6) is 11.5 Å². The average molecular weight is 375 g/mol. The van der Waals surface area contributed by atoms with E-state index < -0.39 is 0 Å². The Bertz CT molecular complexity index is 811. The summed E-state index contributed by atoms with van der Waals surface area (Å²) in [6, 6.07) is 11.0. The maximum Gasteiger partial charge on any atom is 0.266 e. The zero-order valence-corrected chi connectivity index (χ0v) is 15.5. The van der Waals surface area contributed by atoms with E-state index in [1.807, 2.05) is 43.3 Å². The molecule has 1 aromatic carbocycles. The van der Waals surface area contributed by atoms with Crippen LogP contribution in [0.3, 0.4) is 0 Å². The van der Waals surface area contributed by atoms with E-state index in [0.717, 1.165) is 11.5 Å². The summed E-state index contributed by atoms with van der Waals surface area (Å²) < 4.78 is 17.1. The smallest absolute Gasteiger partial charge is 0.266 e. The topological polar surface area (TPSA) is 51.9 Å². The van der Waals surface area contributed by atoms with Crippen LogP contribution in [0.25, 0.3) is 6.08 Å². The van der Waals surface area contributed by atoms with Gasteiger partial charge in [-0.15, -0.1) is 0 Å². The zero-order chi connectivity index (χ0) is 17.8. The quantitative estimate of drug-likeness (QED) is 0.560. The summed E-state index contributed by atoms with van der Waals surface area (Å²) in [5, 5.41) is 0. The molecule has 25 heavy (non-hydrogen) atoms. The molecule has 1 aliphatic rings. The van der Waals surface area contributed by atoms with Crippen molar-refractivity contribution in [2.75, 3.05) is 13.7 Å². The first-order valence-electron chi connectivity index (χ1n) is 7.71. The Morgan fingerprint density at radius 3 is 2.56 bits per heavy atom. The number of thiocarbonyl (C=S) groups is 1. The second kappa shape index (κ2) is 7.76. The van der Waals surface area contributed by atoms with Gasteiger partial charge in [0, 0.05) is 12.6 Å². The number of ether oxygens (including phenoxy) is 2. The summed E-state index contributed by atoms with van der Waals surface area (Å²) in [6.45, 7) is 2.77. The summed E-state index contributed by atoms with van der Waals surface area (Å²) in [4.78, 5) is 14.3. The lowest BCUT2D eigenvalue weighted by molar-refractivity contribution is -0.121. The van der Waals surface area contributed by atoms with Gasteiger partial charge in [-0.25, -0.2) is 0 Å². The van der Waals surface area contributed by atoms with Crippen molar-refractivity contribution >= 4 is 40.3 Å². The number of hydrogen-bond donors (Lipinski definition) is 0. The van der Waals surface area contributed by atoms with E-state index in [4.69, 9.17) is 26.1 Å². The molecule has 5 nitrogen and oxygen atoms in total. The first kappa shape index (κ1) is 17.6. The fourth-order valence-electron chi connectivity index (χ4n) is 2.28. The molecule has 1 fully saturated rings. The molecule has 0 aliphatic carbocycles. The highest BCUT2D eigenvalue weighted by Crippen LogP contribution is 2.32. The summed E-state index contributed by atoms with van der Waals surface area (Å²) in [7, 11) is 1.62. The van der Waals surface area contributed by atoms with Gasteiger partial charge in [-0.05, 0) is 43.3 Å². The number of carbonyl (C=O) groups is 1. The molecule has 0 N–H and O–H groups in total. The van der Waals surface area contributed by atoms with Gasteiger partial charge >= 0.3 is 0 Å². The van der Waals surface area contributed by atoms with Gasteiger partial charge in [0.25, 0.3) is 5.91 Å². The lowest BCUT2D eigenvalue weighted by Crippen LogP contribution is -2.27. The predicted molar refractivity (Wildman–Crippen MR) is 102 cm³/mol. The van der Waals surface area contributed by atoms with Gasteiger partial charge in [-0.3, -0.25) is 9.69 Å². The molecule has 1 amide bonds. The minimum Gasteiger partial charge on any atom is -0.497 e. The third kappa shape index (κ3) is 4.05. The summed E-state index contributed by atoms with van der Waals surface area (Å²) >= 11 is 6.49. The molecule has 0 radical (unpaired) electrons. The van der Waals surface area contributed by atoms with E-state index in [2.05, 4.69) is 0 Å². The highest BCUT2D eigenvalue weighted by atomic mass is 32.2. The molecule has 0 atom stereocenters. The number of methoxy groups -OCH3 is 1. The monoisotopic (exact) mass is 375 g/mol. The Hall–Kier alpha value is -2.25. The van der Waals surface area contributed by atoms with Crippen LogP contribution in [-0.2, 0) is 11.4 Å². The Labute approximate surface area is 155 Å². The predicted octanol–water partition coefficient (Wildman–Crippen LogP) is 4.09. The molecule has 1 aromatic heterocycles. The number of amides is 1. The van der Waals surface area contributed by atoms with Gasteiger partial charge in [0.2, 0.25) is 0 Å². The van der Waals surface area contributed by atoms with Crippen LogP contribution in [0, 0.1) is 0 Å². The third-order valence-electron chi connectivity index (χ3n) is 3.59. The normalized spacial score (nSPS) is 15.9. The molecule has 2 aromatic rings. The highest BCUT2D eigenvalue weighted by Gasteiger charge is 2.30. The molecule has 3 rings (SSSR count). The Kier molecular flexibility index (Phi) is 5.45. The SMILES string of the molecule is CCN1C(=O)C(=Cc2ccc(COc3ccc(OC)cc3)o2)SC1=S. The van der Waals surface area contributed by atoms with Crippen molar-refractivity contribution in [1.29, 1.82) is 0 Å². The number of furan rings is 1. The molecule has 130 valence electrons. The molecule has 1 saturated heterocycles. The van der Waals surface area contributed by atoms with Crippen molar-refractivity contribution in [1.82, 2.24) is 4.90 Å². The maximum absolute atomic E-state index is 12.2. The van der Waals surface area contributed by atoms with Crippen molar-refractivity contribution in [3.8, 4) is 11.5 Å². The van der Waals surface area contributed by atoms with Gasteiger partial charge in [0.15, 0.2) is 0 Å². The Morgan fingerprint density at radius 2 is 1.92 bits per heavy atom. The zero-order valence-electron chi connectivity index (χ0n) is 13.9. The maximum atomic E-state index is 12.2. The van der Waals surface area contributed by atoms with Crippen LogP contribution >= 0.6 is 24.0 Å². The number of carbonyl (C=O) groups excluding carboxylic acids is 1. The molecular formula is C18H17NO4S2. The van der Waals surface area contributed by atoms with Crippen LogP contribution in [0.1, 0.15) is 18.4 Å².